The van der Waals surface area contributed by atoms with E-state index < -0.39 is 0 Å². The lowest BCUT2D eigenvalue weighted by Gasteiger charge is -2.55. The molecule has 4 heteroatoms. The average molecular weight is 256 g/mol. The summed E-state index contributed by atoms with van der Waals surface area (Å²) in [5, 5.41) is 0. The van der Waals surface area contributed by atoms with Gasteiger partial charge in [-0.3, -0.25) is 4.79 Å². The summed E-state index contributed by atoms with van der Waals surface area (Å²) in [5.41, 5.74) is 5.48. The summed E-state index contributed by atoms with van der Waals surface area (Å²) in [5.74, 6) is 0.141. The molecule has 0 aromatic heterocycles. The first-order chi connectivity index (χ1) is 8.45. The number of amides is 1. The van der Waals surface area contributed by atoms with Crippen LogP contribution in [-0.2, 0) is 9.53 Å². The lowest BCUT2D eigenvalue weighted by molar-refractivity contribution is -0.164. The van der Waals surface area contributed by atoms with Gasteiger partial charge < -0.3 is 15.4 Å². The predicted octanol–water partition coefficient (Wildman–Crippen LogP) is 1.78. The second-order valence-electron chi connectivity index (χ2n) is 5.83. The fourth-order valence-corrected chi connectivity index (χ4v) is 2.65. The zero-order chi connectivity index (χ0) is 13.8. The monoisotopic (exact) mass is 256 g/mol. The molecule has 0 spiro atoms. The zero-order valence-corrected chi connectivity index (χ0v) is 12.2. The molecule has 1 rings (SSSR count). The molecule has 1 amide bonds. The Labute approximate surface area is 111 Å². The van der Waals surface area contributed by atoms with Crippen LogP contribution in [-0.4, -0.2) is 43.2 Å². The summed E-state index contributed by atoms with van der Waals surface area (Å²) >= 11 is 0. The number of carbonyl (C=O) groups is 1. The summed E-state index contributed by atoms with van der Waals surface area (Å²) in [7, 11) is 1.88. The minimum absolute atomic E-state index is 0.0484. The van der Waals surface area contributed by atoms with E-state index in [1.54, 1.807) is 0 Å². The maximum atomic E-state index is 11.8. The third-order valence-electron chi connectivity index (χ3n) is 4.16. The molecule has 1 aliphatic rings. The lowest BCUT2D eigenvalue weighted by atomic mass is 9.63. The van der Waals surface area contributed by atoms with Crippen LogP contribution >= 0.6 is 0 Å². The van der Waals surface area contributed by atoms with Crippen molar-refractivity contribution in [3.63, 3.8) is 0 Å². The Kier molecular flexibility index (Phi) is 5.60. The maximum absolute atomic E-state index is 11.8. The average Bonchev–Trinajstić information content (AvgIpc) is 2.32. The minimum Gasteiger partial charge on any atom is -0.378 e. The van der Waals surface area contributed by atoms with Gasteiger partial charge in [0.1, 0.15) is 0 Å². The van der Waals surface area contributed by atoms with Crippen molar-refractivity contribution in [3.8, 4) is 0 Å². The minimum atomic E-state index is 0.0484. The summed E-state index contributed by atoms with van der Waals surface area (Å²) in [6.45, 7) is 7.79. The molecule has 0 heterocycles. The third kappa shape index (κ3) is 3.23. The van der Waals surface area contributed by atoms with E-state index in [1.165, 1.54) is 0 Å². The molecule has 1 aliphatic carbocycles. The highest BCUT2D eigenvalue weighted by Crippen LogP contribution is 2.45. The predicted molar refractivity (Wildman–Crippen MR) is 73.3 cm³/mol. The molecule has 0 aromatic rings. The van der Waals surface area contributed by atoms with Crippen LogP contribution in [0.2, 0.25) is 0 Å². The van der Waals surface area contributed by atoms with Gasteiger partial charge in [0.2, 0.25) is 5.91 Å². The Morgan fingerprint density at radius 2 is 2.17 bits per heavy atom. The van der Waals surface area contributed by atoms with Gasteiger partial charge >= 0.3 is 0 Å². The van der Waals surface area contributed by atoms with Crippen LogP contribution < -0.4 is 5.73 Å². The normalized spacial score (nSPS) is 25.6. The molecular weight excluding hydrogens is 228 g/mol. The van der Waals surface area contributed by atoms with E-state index in [1.807, 2.05) is 11.9 Å². The summed E-state index contributed by atoms with van der Waals surface area (Å²) in [6.07, 6.45) is 3.93. The van der Waals surface area contributed by atoms with Crippen molar-refractivity contribution < 1.29 is 9.53 Å². The molecule has 0 saturated heterocycles. The molecular formula is C14H28N2O2. The van der Waals surface area contributed by atoms with Crippen LogP contribution in [0.1, 0.15) is 46.5 Å². The van der Waals surface area contributed by atoms with Gasteiger partial charge in [0.25, 0.3) is 0 Å². The molecule has 0 aromatic carbocycles. The van der Waals surface area contributed by atoms with Gasteiger partial charge in [0.05, 0.1) is 6.10 Å². The molecule has 1 fully saturated rings. The van der Waals surface area contributed by atoms with Crippen molar-refractivity contribution in [2.24, 2.45) is 11.1 Å². The topological polar surface area (TPSA) is 55.6 Å². The van der Waals surface area contributed by atoms with Crippen LogP contribution in [0, 0.1) is 5.41 Å². The van der Waals surface area contributed by atoms with E-state index >= 15 is 0 Å². The van der Waals surface area contributed by atoms with Crippen LogP contribution in [0.5, 0.6) is 0 Å². The van der Waals surface area contributed by atoms with Crippen LogP contribution in [0.4, 0.5) is 0 Å². The molecule has 2 N–H and O–H groups in total. The van der Waals surface area contributed by atoms with Crippen molar-refractivity contribution in [2.45, 2.75) is 58.6 Å². The summed E-state index contributed by atoms with van der Waals surface area (Å²) in [6, 6.07) is 0.281. The quantitative estimate of drug-likeness (QED) is 0.706. The number of nitrogens with two attached hydrogens (primary N) is 1. The van der Waals surface area contributed by atoms with E-state index in [2.05, 4.69) is 20.8 Å². The van der Waals surface area contributed by atoms with Gasteiger partial charge in [-0.15, -0.1) is 0 Å². The molecule has 0 radical (unpaired) electrons. The highest BCUT2D eigenvalue weighted by molar-refractivity contribution is 5.76. The highest BCUT2D eigenvalue weighted by atomic mass is 16.5. The Morgan fingerprint density at radius 3 is 2.67 bits per heavy atom. The SMILES string of the molecule is CCCCOC1CC(N(C)C(=O)CCN)C1(C)C. The van der Waals surface area contributed by atoms with E-state index in [0.29, 0.717) is 13.0 Å². The first-order valence-corrected chi connectivity index (χ1v) is 7.02. The van der Waals surface area contributed by atoms with Crippen molar-refractivity contribution in [3.05, 3.63) is 0 Å². The van der Waals surface area contributed by atoms with Crippen LogP contribution in [0.3, 0.4) is 0 Å². The molecule has 0 aliphatic heterocycles. The summed E-state index contributed by atoms with van der Waals surface area (Å²) in [4.78, 5) is 13.7. The van der Waals surface area contributed by atoms with Gasteiger partial charge in [-0.1, -0.05) is 27.2 Å². The summed E-state index contributed by atoms with van der Waals surface area (Å²) < 4.78 is 5.89. The van der Waals surface area contributed by atoms with Gasteiger partial charge in [-0.25, -0.2) is 0 Å². The second kappa shape index (κ2) is 6.53. The number of rotatable bonds is 7. The van der Waals surface area contributed by atoms with Gasteiger partial charge in [-0.05, 0) is 12.8 Å². The first-order valence-electron chi connectivity index (χ1n) is 7.02. The van der Waals surface area contributed by atoms with Gasteiger partial charge in [0.15, 0.2) is 0 Å². The zero-order valence-electron chi connectivity index (χ0n) is 12.2. The van der Waals surface area contributed by atoms with Gasteiger partial charge in [0, 0.05) is 38.1 Å². The van der Waals surface area contributed by atoms with Crippen LogP contribution in [0.15, 0.2) is 0 Å². The van der Waals surface area contributed by atoms with E-state index in [-0.39, 0.29) is 23.5 Å². The fraction of sp³-hybridized carbons (Fsp3) is 0.929. The Morgan fingerprint density at radius 1 is 1.50 bits per heavy atom. The number of hydrogen-bond acceptors (Lipinski definition) is 3. The van der Waals surface area contributed by atoms with Crippen molar-refractivity contribution in [2.75, 3.05) is 20.2 Å². The smallest absolute Gasteiger partial charge is 0.223 e. The van der Waals surface area contributed by atoms with Gasteiger partial charge in [-0.2, -0.15) is 0 Å². The second-order valence-corrected chi connectivity index (χ2v) is 5.83. The standard InChI is InChI=1S/C14H28N2O2/c1-5-6-9-18-12-10-11(14(12,2)3)16(4)13(17)7-8-15/h11-12H,5-10,15H2,1-4H3. The molecule has 106 valence electrons. The van der Waals surface area contributed by atoms with Crippen molar-refractivity contribution in [1.29, 1.82) is 0 Å². The molecule has 2 atom stereocenters. The Balaban J connectivity index is 2.45. The first kappa shape index (κ1) is 15.4. The Bertz CT molecular complexity index is 279. The highest BCUT2D eigenvalue weighted by Gasteiger charge is 2.51. The molecule has 2 unspecified atom stereocenters. The number of ether oxygens (including phenoxy) is 1. The number of nitrogens with zero attached hydrogens (tertiary/aromatic N) is 1. The fourth-order valence-electron chi connectivity index (χ4n) is 2.65. The maximum Gasteiger partial charge on any atom is 0.223 e. The third-order valence-corrected chi connectivity index (χ3v) is 4.16. The molecule has 0 bridgehead atoms. The van der Waals surface area contributed by atoms with Crippen molar-refractivity contribution in [1.82, 2.24) is 4.90 Å². The number of carbonyl (C=O) groups excluding carboxylic acids is 1. The molecule has 1 saturated carbocycles. The van der Waals surface area contributed by atoms with E-state index in [9.17, 15) is 4.79 Å². The number of unbranched alkanes of at least 4 members (excludes halogenated alkanes) is 1. The largest absolute Gasteiger partial charge is 0.378 e. The molecule has 18 heavy (non-hydrogen) atoms. The molecule has 4 nitrogen and oxygen atoms in total. The van der Waals surface area contributed by atoms with Crippen molar-refractivity contribution >= 4 is 5.91 Å². The van der Waals surface area contributed by atoms with Crippen LogP contribution in [0.25, 0.3) is 0 Å². The Hall–Kier alpha value is -0.610. The van der Waals surface area contributed by atoms with E-state index in [4.69, 9.17) is 10.5 Å². The lowest BCUT2D eigenvalue weighted by Crippen LogP contribution is -2.62. The number of hydrogen-bond donors (Lipinski definition) is 1. The van der Waals surface area contributed by atoms with E-state index in [0.717, 1.165) is 25.9 Å².